The van der Waals surface area contributed by atoms with E-state index in [-0.39, 0.29) is 5.78 Å². The summed E-state index contributed by atoms with van der Waals surface area (Å²) in [5.74, 6) is 0.330. The van der Waals surface area contributed by atoms with Crippen molar-refractivity contribution >= 4 is 11.5 Å². The number of methoxy groups -OCH3 is 1. The summed E-state index contributed by atoms with van der Waals surface area (Å²) >= 11 is 0. The van der Waals surface area contributed by atoms with Crippen LogP contribution < -0.4 is 4.74 Å². The van der Waals surface area contributed by atoms with Crippen molar-refractivity contribution in [2.45, 2.75) is 6.92 Å². The number of benzene rings is 1. The first-order valence-corrected chi connectivity index (χ1v) is 3.93. The van der Waals surface area contributed by atoms with Crippen molar-refractivity contribution in [3.8, 4) is 5.75 Å². The molecule has 0 aliphatic heterocycles. The highest BCUT2D eigenvalue weighted by atomic mass is 16.5. The minimum absolute atomic E-state index is 0.0886. The maximum Gasteiger partial charge on any atom is 0.163 e. The number of ketones is 1. The Morgan fingerprint density at radius 3 is 2.79 bits per heavy atom. The molecule has 0 aliphatic rings. The van der Waals surface area contributed by atoms with Gasteiger partial charge in [-0.15, -0.1) is 0 Å². The Balaban J connectivity index is 3.24. The second-order valence-corrected chi connectivity index (χ2v) is 2.63. The lowest BCUT2D eigenvalue weighted by atomic mass is 10.1. The summed E-state index contributed by atoms with van der Waals surface area (Å²) in [5, 5.41) is 3.40. The molecule has 72 valence electrons. The topological polar surface area (TPSA) is 75.1 Å². The molecule has 5 nitrogen and oxygen atoms in total. The second-order valence-electron chi connectivity index (χ2n) is 2.63. The minimum Gasteiger partial charge on any atom is -0.496 e. The molecule has 0 unspecified atom stereocenters. The van der Waals surface area contributed by atoms with Crippen LogP contribution in [0.15, 0.2) is 23.3 Å². The van der Waals surface area contributed by atoms with Crippen LogP contribution in [0.1, 0.15) is 17.3 Å². The molecule has 14 heavy (non-hydrogen) atoms. The highest BCUT2D eigenvalue weighted by Crippen LogP contribution is 2.25. The molecule has 0 aliphatic carbocycles. The lowest BCUT2D eigenvalue weighted by Crippen LogP contribution is -1.96. The van der Waals surface area contributed by atoms with Crippen LogP contribution >= 0.6 is 0 Å². The first-order valence-electron chi connectivity index (χ1n) is 3.93. The van der Waals surface area contributed by atoms with Crippen molar-refractivity contribution in [1.29, 1.82) is 0 Å². The van der Waals surface area contributed by atoms with Crippen molar-refractivity contribution in [1.82, 2.24) is 0 Å². The molecular weight excluding hydrogens is 182 g/mol. The van der Waals surface area contributed by atoms with E-state index in [2.05, 4.69) is 10.0 Å². The van der Waals surface area contributed by atoms with E-state index >= 15 is 0 Å². The number of Topliss-reactive ketones (excluding diaryl/α,β-unsaturated/α-hetero) is 1. The molecule has 0 aromatic heterocycles. The van der Waals surface area contributed by atoms with Crippen molar-refractivity contribution in [3.05, 3.63) is 34.2 Å². The van der Waals surface area contributed by atoms with Crippen LogP contribution in [0, 0.1) is 0 Å². The SMILES string of the molecule is COc1cc(N=[N+]=[N-])ccc1C(C)=O. The number of azide groups is 1. The quantitative estimate of drug-likeness (QED) is 0.319. The summed E-state index contributed by atoms with van der Waals surface area (Å²) in [6, 6.07) is 4.67. The first kappa shape index (κ1) is 10.1. The van der Waals surface area contributed by atoms with Crippen LogP contribution in [0.5, 0.6) is 5.75 Å². The molecule has 0 spiro atoms. The second kappa shape index (κ2) is 4.30. The lowest BCUT2D eigenvalue weighted by molar-refractivity contribution is 0.101. The van der Waals surface area contributed by atoms with Gasteiger partial charge in [0.25, 0.3) is 0 Å². The van der Waals surface area contributed by atoms with Crippen LogP contribution in [0.3, 0.4) is 0 Å². The van der Waals surface area contributed by atoms with E-state index < -0.39 is 0 Å². The van der Waals surface area contributed by atoms with Gasteiger partial charge in [-0.1, -0.05) is 11.2 Å². The van der Waals surface area contributed by atoms with E-state index in [1.165, 1.54) is 20.1 Å². The largest absolute Gasteiger partial charge is 0.496 e. The molecular formula is C9H9N3O2. The zero-order valence-electron chi connectivity index (χ0n) is 7.89. The van der Waals surface area contributed by atoms with Crippen LogP contribution in [0.2, 0.25) is 0 Å². The summed E-state index contributed by atoms with van der Waals surface area (Å²) < 4.78 is 4.99. The fraction of sp³-hybridized carbons (Fsp3) is 0.222. The Labute approximate surface area is 80.9 Å². The minimum atomic E-state index is -0.0886. The first-order chi connectivity index (χ1) is 6.69. The smallest absolute Gasteiger partial charge is 0.163 e. The van der Waals surface area contributed by atoms with Crippen LogP contribution in [-0.4, -0.2) is 12.9 Å². The number of hydrogen-bond donors (Lipinski definition) is 0. The molecule has 1 aromatic rings. The summed E-state index contributed by atoms with van der Waals surface area (Å²) in [5.41, 5.74) is 9.11. The van der Waals surface area contributed by atoms with Crippen molar-refractivity contribution < 1.29 is 9.53 Å². The van der Waals surface area contributed by atoms with Gasteiger partial charge in [0.1, 0.15) is 5.75 Å². The molecule has 0 atom stereocenters. The van der Waals surface area contributed by atoms with E-state index in [1.54, 1.807) is 12.1 Å². The summed E-state index contributed by atoms with van der Waals surface area (Å²) in [7, 11) is 1.46. The van der Waals surface area contributed by atoms with Crippen molar-refractivity contribution in [2.75, 3.05) is 7.11 Å². The maximum atomic E-state index is 11.1. The molecule has 0 saturated carbocycles. The molecule has 0 bridgehead atoms. The van der Waals surface area contributed by atoms with Gasteiger partial charge in [-0.25, -0.2) is 0 Å². The normalized spacial score (nSPS) is 9.00. The Morgan fingerprint density at radius 1 is 1.57 bits per heavy atom. The summed E-state index contributed by atoms with van der Waals surface area (Å²) in [4.78, 5) is 13.8. The highest BCUT2D eigenvalue weighted by Gasteiger charge is 2.07. The van der Waals surface area contributed by atoms with Gasteiger partial charge in [0.15, 0.2) is 5.78 Å². The zero-order chi connectivity index (χ0) is 10.6. The fourth-order valence-electron chi connectivity index (χ4n) is 1.08. The van der Waals surface area contributed by atoms with E-state index in [4.69, 9.17) is 10.3 Å². The molecule has 0 amide bonds. The van der Waals surface area contributed by atoms with Crippen molar-refractivity contribution in [3.63, 3.8) is 0 Å². The molecule has 0 fully saturated rings. The third-order valence-electron chi connectivity index (χ3n) is 1.72. The summed E-state index contributed by atoms with van der Waals surface area (Å²) in [6.07, 6.45) is 0. The van der Waals surface area contributed by atoms with Gasteiger partial charge in [0.2, 0.25) is 0 Å². The number of hydrogen-bond acceptors (Lipinski definition) is 3. The monoisotopic (exact) mass is 191 g/mol. The molecule has 1 aromatic carbocycles. The molecule has 0 saturated heterocycles. The fourth-order valence-corrected chi connectivity index (χ4v) is 1.08. The Morgan fingerprint density at radius 2 is 2.29 bits per heavy atom. The van der Waals surface area contributed by atoms with Gasteiger partial charge in [0, 0.05) is 10.6 Å². The molecule has 1 rings (SSSR count). The van der Waals surface area contributed by atoms with Crippen LogP contribution in [-0.2, 0) is 0 Å². The summed E-state index contributed by atoms with van der Waals surface area (Å²) in [6.45, 7) is 1.45. The standard InChI is InChI=1S/C9H9N3O2/c1-6(13)8-4-3-7(11-12-10)5-9(8)14-2/h3-5H,1-2H3. The van der Waals surface area contributed by atoms with E-state index in [1.807, 2.05) is 0 Å². The lowest BCUT2D eigenvalue weighted by Gasteiger charge is -2.05. The molecule has 0 N–H and O–H groups in total. The number of ether oxygens (including phenoxy) is 1. The number of nitrogens with zero attached hydrogens (tertiary/aromatic N) is 3. The molecule has 0 heterocycles. The zero-order valence-corrected chi connectivity index (χ0v) is 7.89. The van der Waals surface area contributed by atoms with Gasteiger partial charge in [-0.3, -0.25) is 4.79 Å². The van der Waals surface area contributed by atoms with Gasteiger partial charge in [-0.05, 0) is 24.6 Å². The van der Waals surface area contributed by atoms with E-state index in [0.717, 1.165) is 0 Å². The Kier molecular flexibility index (Phi) is 3.09. The van der Waals surface area contributed by atoms with E-state index in [9.17, 15) is 4.79 Å². The van der Waals surface area contributed by atoms with Gasteiger partial charge < -0.3 is 4.74 Å². The third kappa shape index (κ3) is 2.02. The average molecular weight is 191 g/mol. The molecule has 5 heteroatoms. The van der Waals surface area contributed by atoms with Crippen LogP contribution in [0.4, 0.5) is 5.69 Å². The Hall–Kier alpha value is -2.00. The highest BCUT2D eigenvalue weighted by molar-refractivity contribution is 5.97. The molecule has 0 radical (unpaired) electrons. The van der Waals surface area contributed by atoms with E-state index in [0.29, 0.717) is 17.0 Å². The predicted molar refractivity (Wildman–Crippen MR) is 51.8 cm³/mol. The van der Waals surface area contributed by atoms with Crippen LogP contribution in [0.25, 0.3) is 10.4 Å². The maximum absolute atomic E-state index is 11.1. The van der Waals surface area contributed by atoms with Gasteiger partial charge >= 0.3 is 0 Å². The average Bonchev–Trinajstić information content (AvgIpc) is 2.17. The third-order valence-corrected chi connectivity index (χ3v) is 1.72. The van der Waals surface area contributed by atoms with Gasteiger partial charge in [-0.2, -0.15) is 0 Å². The Bertz CT molecular complexity index is 409. The number of carbonyl (C=O) groups is 1. The number of rotatable bonds is 3. The van der Waals surface area contributed by atoms with Crippen molar-refractivity contribution in [2.24, 2.45) is 5.11 Å². The van der Waals surface area contributed by atoms with Gasteiger partial charge in [0.05, 0.1) is 12.7 Å². The number of carbonyl (C=O) groups excluding carboxylic acids is 1. The predicted octanol–water partition coefficient (Wildman–Crippen LogP) is 2.84.